The highest BCUT2D eigenvalue weighted by Gasteiger charge is 2.17. The predicted molar refractivity (Wildman–Crippen MR) is 81.9 cm³/mol. The molecule has 1 saturated carbocycles. The molecule has 21 heavy (non-hydrogen) atoms. The van der Waals surface area contributed by atoms with Crippen molar-refractivity contribution < 1.29 is 0 Å². The molecule has 2 aromatic rings. The fraction of sp³-hybridized carbons (Fsp3) is 0.667. The molecular formula is C15H24N6. The highest BCUT2D eigenvalue weighted by Crippen LogP contribution is 2.27. The van der Waals surface area contributed by atoms with Gasteiger partial charge in [0.15, 0.2) is 5.82 Å². The topological polar surface area (TPSA) is 74.5 Å². The van der Waals surface area contributed by atoms with E-state index < -0.39 is 0 Å². The van der Waals surface area contributed by atoms with Gasteiger partial charge < -0.3 is 5.73 Å². The smallest absolute Gasteiger partial charge is 0.169 e. The van der Waals surface area contributed by atoms with E-state index in [0.29, 0.717) is 18.4 Å². The van der Waals surface area contributed by atoms with Crippen LogP contribution in [0.15, 0.2) is 12.3 Å². The van der Waals surface area contributed by atoms with Crippen LogP contribution in [0.25, 0.3) is 0 Å². The first kappa shape index (κ1) is 14.1. The van der Waals surface area contributed by atoms with Gasteiger partial charge in [0.05, 0.1) is 24.0 Å². The summed E-state index contributed by atoms with van der Waals surface area (Å²) in [7, 11) is 0. The Morgan fingerprint density at radius 1 is 1.29 bits per heavy atom. The Morgan fingerprint density at radius 3 is 2.86 bits per heavy atom. The molecule has 1 fully saturated rings. The maximum Gasteiger partial charge on any atom is 0.169 e. The third-order valence-electron chi connectivity index (χ3n) is 4.28. The Hall–Kier alpha value is -1.85. The maximum absolute atomic E-state index is 5.88. The van der Waals surface area contributed by atoms with Gasteiger partial charge in [0.25, 0.3) is 0 Å². The Bertz CT molecular complexity index is 579. The van der Waals surface area contributed by atoms with E-state index in [4.69, 9.17) is 10.8 Å². The van der Waals surface area contributed by atoms with Crippen molar-refractivity contribution in [3.63, 3.8) is 0 Å². The highest BCUT2D eigenvalue weighted by molar-refractivity contribution is 5.33. The van der Waals surface area contributed by atoms with Crippen LogP contribution in [-0.2, 0) is 13.0 Å². The summed E-state index contributed by atoms with van der Waals surface area (Å²) >= 11 is 0. The molecule has 0 saturated heterocycles. The van der Waals surface area contributed by atoms with Gasteiger partial charge in [-0.25, -0.2) is 4.68 Å². The van der Waals surface area contributed by atoms with E-state index in [2.05, 4.69) is 34.2 Å². The van der Waals surface area contributed by atoms with Crippen LogP contribution in [0.2, 0.25) is 0 Å². The molecule has 2 aromatic heterocycles. The Labute approximate surface area is 125 Å². The maximum atomic E-state index is 5.88. The second-order valence-corrected chi connectivity index (χ2v) is 5.91. The SMILES string of the molecule is CCCc1c(N)nnn1Cc1ccn(C2CCCCC2)n1. The molecular weight excluding hydrogens is 264 g/mol. The number of hydrogen-bond donors (Lipinski definition) is 1. The van der Waals surface area contributed by atoms with Gasteiger partial charge in [-0.1, -0.05) is 37.8 Å². The fourth-order valence-corrected chi connectivity index (χ4v) is 3.13. The van der Waals surface area contributed by atoms with Crippen LogP contribution < -0.4 is 5.73 Å². The summed E-state index contributed by atoms with van der Waals surface area (Å²) in [6.45, 7) is 2.79. The lowest BCUT2D eigenvalue weighted by molar-refractivity contribution is 0.327. The molecule has 1 aliphatic carbocycles. The van der Waals surface area contributed by atoms with E-state index >= 15 is 0 Å². The monoisotopic (exact) mass is 288 g/mol. The van der Waals surface area contributed by atoms with Gasteiger partial charge in [0.2, 0.25) is 0 Å². The summed E-state index contributed by atoms with van der Waals surface area (Å²) in [5, 5.41) is 12.9. The molecule has 0 aromatic carbocycles. The van der Waals surface area contributed by atoms with Gasteiger partial charge in [-0.3, -0.25) is 4.68 Å². The summed E-state index contributed by atoms with van der Waals surface area (Å²) in [5.74, 6) is 0.545. The van der Waals surface area contributed by atoms with E-state index in [9.17, 15) is 0 Å². The van der Waals surface area contributed by atoms with Crippen LogP contribution in [-0.4, -0.2) is 24.8 Å². The molecule has 1 aliphatic rings. The molecule has 2 N–H and O–H groups in total. The third-order valence-corrected chi connectivity index (χ3v) is 4.28. The van der Waals surface area contributed by atoms with Crippen molar-refractivity contribution >= 4 is 5.82 Å². The van der Waals surface area contributed by atoms with E-state index in [-0.39, 0.29) is 0 Å². The zero-order valence-corrected chi connectivity index (χ0v) is 12.7. The highest BCUT2D eigenvalue weighted by atomic mass is 15.4. The number of nitrogen functional groups attached to an aromatic ring is 1. The van der Waals surface area contributed by atoms with Crippen molar-refractivity contribution in [2.45, 2.75) is 64.5 Å². The number of rotatable bonds is 5. The van der Waals surface area contributed by atoms with Crippen LogP contribution in [0, 0.1) is 0 Å². The largest absolute Gasteiger partial charge is 0.381 e. The van der Waals surface area contributed by atoms with Crippen LogP contribution in [0.3, 0.4) is 0 Å². The van der Waals surface area contributed by atoms with Crippen molar-refractivity contribution in [3.8, 4) is 0 Å². The molecule has 6 nitrogen and oxygen atoms in total. The first-order valence-electron chi connectivity index (χ1n) is 7.99. The van der Waals surface area contributed by atoms with Crippen molar-refractivity contribution in [3.05, 3.63) is 23.7 Å². The van der Waals surface area contributed by atoms with Gasteiger partial charge >= 0.3 is 0 Å². The van der Waals surface area contributed by atoms with Gasteiger partial charge in [-0.05, 0) is 25.3 Å². The Balaban J connectivity index is 1.72. The summed E-state index contributed by atoms with van der Waals surface area (Å²) in [6, 6.07) is 2.66. The van der Waals surface area contributed by atoms with Crippen LogP contribution in [0.1, 0.15) is 62.9 Å². The van der Waals surface area contributed by atoms with Gasteiger partial charge in [-0.15, -0.1) is 5.10 Å². The lowest BCUT2D eigenvalue weighted by Crippen LogP contribution is -2.14. The number of anilines is 1. The van der Waals surface area contributed by atoms with E-state index in [1.165, 1.54) is 32.1 Å². The van der Waals surface area contributed by atoms with E-state index in [1.807, 2.05) is 4.68 Å². The van der Waals surface area contributed by atoms with E-state index in [0.717, 1.165) is 24.2 Å². The second kappa shape index (κ2) is 6.28. The summed E-state index contributed by atoms with van der Waals surface area (Å²) < 4.78 is 4.01. The minimum Gasteiger partial charge on any atom is -0.381 e. The molecule has 2 heterocycles. The Kier molecular flexibility index (Phi) is 4.22. The summed E-state index contributed by atoms with van der Waals surface area (Å²) in [6.07, 6.45) is 10.5. The molecule has 6 heteroatoms. The molecule has 0 atom stereocenters. The minimum atomic E-state index is 0.545. The zero-order chi connectivity index (χ0) is 14.7. The van der Waals surface area contributed by atoms with Crippen molar-refractivity contribution in [1.82, 2.24) is 24.8 Å². The standard InChI is InChI=1S/C15H24N6/c1-2-6-14-15(16)17-19-21(14)11-12-9-10-20(18-12)13-7-4-3-5-8-13/h9-10,13H,2-8,11,16H2,1H3. The van der Waals surface area contributed by atoms with Crippen LogP contribution in [0.5, 0.6) is 0 Å². The number of nitrogens with two attached hydrogens (primary N) is 1. The molecule has 0 spiro atoms. The first-order valence-corrected chi connectivity index (χ1v) is 7.99. The van der Waals surface area contributed by atoms with E-state index in [1.54, 1.807) is 0 Å². The van der Waals surface area contributed by atoms with Gasteiger partial charge in [-0.2, -0.15) is 5.10 Å². The zero-order valence-electron chi connectivity index (χ0n) is 12.7. The number of hydrogen-bond acceptors (Lipinski definition) is 4. The number of aromatic nitrogens is 5. The quantitative estimate of drug-likeness (QED) is 0.917. The fourth-order valence-electron chi connectivity index (χ4n) is 3.13. The Morgan fingerprint density at radius 2 is 2.10 bits per heavy atom. The van der Waals surface area contributed by atoms with Crippen LogP contribution >= 0.6 is 0 Å². The van der Waals surface area contributed by atoms with Crippen LogP contribution in [0.4, 0.5) is 5.82 Å². The lowest BCUT2D eigenvalue weighted by Gasteiger charge is -2.21. The molecule has 114 valence electrons. The molecule has 3 rings (SSSR count). The molecule has 0 radical (unpaired) electrons. The third kappa shape index (κ3) is 3.09. The van der Waals surface area contributed by atoms with Gasteiger partial charge in [0.1, 0.15) is 0 Å². The first-order chi connectivity index (χ1) is 10.3. The van der Waals surface area contributed by atoms with Crippen molar-refractivity contribution in [2.24, 2.45) is 0 Å². The summed E-state index contributed by atoms with van der Waals surface area (Å²) in [4.78, 5) is 0. The minimum absolute atomic E-state index is 0.545. The van der Waals surface area contributed by atoms with Crippen molar-refractivity contribution in [2.75, 3.05) is 5.73 Å². The molecule has 0 unspecified atom stereocenters. The normalized spacial score (nSPS) is 16.4. The second-order valence-electron chi connectivity index (χ2n) is 5.91. The molecule has 0 bridgehead atoms. The van der Waals surface area contributed by atoms with Crippen molar-refractivity contribution in [1.29, 1.82) is 0 Å². The molecule has 0 aliphatic heterocycles. The lowest BCUT2D eigenvalue weighted by atomic mass is 9.96. The average Bonchev–Trinajstić information content (AvgIpc) is 3.11. The summed E-state index contributed by atoms with van der Waals surface area (Å²) in [5.41, 5.74) is 7.93. The number of nitrogens with zero attached hydrogens (tertiary/aromatic N) is 5. The molecule has 0 amide bonds. The van der Waals surface area contributed by atoms with Gasteiger partial charge in [0, 0.05) is 6.20 Å². The average molecular weight is 288 g/mol. The predicted octanol–water partition coefficient (Wildman–Crippen LogP) is 2.56.